The third-order valence-corrected chi connectivity index (χ3v) is 6.01. The average Bonchev–Trinajstić information content (AvgIpc) is 2.87. The molecule has 1 unspecified atom stereocenters. The standard InChI is InChI=1S/C17H20N2O3S/c1-19(16-8-9-23(21,22)12-16)11-17(20)18-15-7-6-13-4-2-3-5-14(13)10-15/h2-7,10,16H,8-9,11-12H2,1H3,(H,18,20). The first-order chi connectivity index (χ1) is 10.9. The van der Waals surface area contributed by atoms with Crippen molar-refractivity contribution in [2.24, 2.45) is 0 Å². The van der Waals surface area contributed by atoms with Crippen LogP contribution in [0.4, 0.5) is 5.69 Å². The van der Waals surface area contributed by atoms with Crippen LogP contribution in [0.3, 0.4) is 0 Å². The Balaban J connectivity index is 1.62. The molecule has 122 valence electrons. The molecule has 0 spiro atoms. The maximum absolute atomic E-state index is 12.2. The molecule has 0 aliphatic carbocycles. The third-order valence-electron chi connectivity index (χ3n) is 4.26. The van der Waals surface area contributed by atoms with Crippen LogP contribution in [-0.4, -0.2) is 50.4 Å². The maximum Gasteiger partial charge on any atom is 0.238 e. The molecule has 1 amide bonds. The fraction of sp³-hybridized carbons (Fsp3) is 0.353. The van der Waals surface area contributed by atoms with Gasteiger partial charge in [0.1, 0.15) is 0 Å². The molecule has 5 nitrogen and oxygen atoms in total. The van der Waals surface area contributed by atoms with E-state index in [-0.39, 0.29) is 30.0 Å². The zero-order valence-electron chi connectivity index (χ0n) is 13.0. The van der Waals surface area contributed by atoms with Crippen molar-refractivity contribution in [1.82, 2.24) is 4.90 Å². The summed E-state index contributed by atoms with van der Waals surface area (Å²) < 4.78 is 23.0. The van der Waals surface area contributed by atoms with Gasteiger partial charge in [0, 0.05) is 11.7 Å². The Labute approximate surface area is 136 Å². The molecule has 23 heavy (non-hydrogen) atoms. The van der Waals surface area contributed by atoms with Crippen LogP contribution in [0.1, 0.15) is 6.42 Å². The highest BCUT2D eigenvalue weighted by Crippen LogP contribution is 2.19. The minimum atomic E-state index is -2.93. The summed E-state index contributed by atoms with van der Waals surface area (Å²) in [7, 11) is -1.14. The van der Waals surface area contributed by atoms with E-state index in [4.69, 9.17) is 0 Å². The van der Waals surface area contributed by atoms with Crippen molar-refractivity contribution in [3.05, 3.63) is 42.5 Å². The lowest BCUT2D eigenvalue weighted by Crippen LogP contribution is -2.38. The number of nitrogens with zero attached hydrogens (tertiary/aromatic N) is 1. The van der Waals surface area contributed by atoms with Crippen molar-refractivity contribution in [2.45, 2.75) is 12.5 Å². The predicted molar refractivity (Wildman–Crippen MR) is 92.3 cm³/mol. The quantitative estimate of drug-likeness (QED) is 0.929. The van der Waals surface area contributed by atoms with E-state index < -0.39 is 9.84 Å². The zero-order chi connectivity index (χ0) is 16.4. The largest absolute Gasteiger partial charge is 0.325 e. The van der Waals surface area contributed by atoms with Gasteiger partial charge in [-0.1, -0.05) is 30.3 Å². The second-order valence-corrected chi connectivity index (χ2v) is 8.31. The molecule has 1 heterocycles. The Morgan fingerprint density at radius 1 is 1.22 bits per heavy atom. The molecule has 0 radical (unpaired) electrons. The second kappa shape index (κ2) is 6.29. The molecule has 2 aromatic rings. The SMILES string of the molecule is CN(CC(=O)Nc1ccc2ccccc2c1)C1CCS(=O)(=O)C1. The maximum atomic E-state index is 12.2. The third kappa shape index (κ3) is 3.89. The minimum Gasteiger partial charge on any atom is -0.325 e. The first kappa shape index (κ1) is 16.0. The lowest BCUT2D eigenvalue weighted by Gasteiger charge is -2.22. The first-order valence-electron chi connectivity index (χ1n) is 7.62. The number of rotatable bonds is 4. The van der Waals surface area contributed by atoms with Gasteiger partial charge in [-0.3, -0.25) is 9.69 Å². The number of anilines is 1. The number of amides is 1. The van der Waals surface area contributed by atoms with E-state index in [9.17, 15) is 13.2 Å². The molecule has 0 saturated carbocycles. The molecule has 1 aliphatic heterocycles. The smallest absolute Gasteiger partial charge is 0.238 e. The number of likely N-dealkylation sites (N-methyl/N-ethyl adjacent to an activating group) is 1. The summed E-state index contributed by atoms with van der Waals surface area (Å²) >= 11 is 0. The van der Waals surface area contributed by atoms with Gasteiger partial charge in [0.25, 0.3) is 0 Å². The van der Waals surface area contributed by atoms with Crippen LogP contribution in [0.5, 0.6) is 0 Å². The van der Waals surface area contributed by atoms with Crippen molar-refractivity contribution in [1.29, 1.82) is 0 Å². The molecule has 0 bridgehead atoms. The second-order valence-electron chi connectivity index (χ2n) is 6.08. The predicted octanol–water partition coefficient (Wildman–Crippen LogP) is 1.90. The number of nitrogens with one attached hydrogen (secondary N) is 1. The van der Waals surface area contributed by atoms with E-state index >= 15 is 0 Å². The van der Waals surface area contributed by atoms with Crippen molar-refractivity contribution in [3.8, 4) is 0 Å². The van der Waals surface area contributed by atoms with Gasteiger partial charge in [-0.25, -0.2) is 8.42 Å². The van der Waals surface area contributed by atoms with Crippen molar-refractivity contribution in [3.63, 3.8) is 0 Å². The van der Waals surface area contributed by atoms with Gasteiger partial charge in [-0.05, 0) is 36.4 Å². The highest BCUT2D eigenvalue weighted by atomic mass is 32.2. The Kier molecular flexibility index (Phi) is 4.37. The first-order valence-corrected chi connectivity index (χ1v) is 9.44. The molecule has 1 fully saturated rings. The van der Waals surface area contributed by atoms with Crippen LogP contribution in [0, 0.1) is 0 Å². The van der Waals surface area contributed by atoms with Crippen LogP contribution in [0.15, 0.2) is 42.5 Å². The van der Waals surface area contributed by atoms with Gasteiger partial charge < -0.3 is 5.32 Å². The summed E-state index contributed by atoms with van der Waals surface area (Å²) in [6.45, 7) is 0.188. The number of hydrogen-bond donors (Lipinski definition) is 1. The molecule has 6 heteroatoms. The number of carbonyl (C=O) groups is 1. The zero-order valence-corrected chi connectivity index (χ0v) is 13.8. The topological polar surface area (TPSA) is 66.5 Å². The minimum absolute atomic E-state index is 0.0673. The van der Waals surface area contributed by atoms with E-state index in [0.29, 0.717) is 6.42 Å². The van der Waals surface area contributed by atoms with Gasteiger partial charge in [-0.2, -0.15) is 0 Å². The Hall–Kier alpha value is -1.92. The van der Waals surface area contributed by atoms with E-state index in [1.54, 1.807) is 7.05 Å². The molecular formula is C17H20N2O3S. The molecular weight excluding hydrogens is 312 g/mol. The summed E-state index contributed by atoms with van der Waals surface area (Å²) in [6.07, 6.45) is 0.599. The summed E-state index contributed by atoms with van der Waals surface area (Å²) in [5.41, 5.74) is 0.751. The summed E-state index contributed by atoms with van der Waals surface area (Å²) in [5.74, 6) is 0.230. The Bertz CT molecular complexity index is 833. The number of benzene rings is 2. The van der Waals surface area contributed by atoms with Crippen LogP contribution in [0.25, 0.3) is 10.8 Å². The summed E-state index contributed by atoms with van der Waals surface area (Å²) in [4.78, 5) is 14.0. The van der Waals surface area contributed by atoms with Crippen LogP contribution >= 0.6 is 0 Å². The number of carbonyl (C=O) groups excluding carboxylic acids is 1. The van der Waals surface area contributed by atoms with Crippen LogP contribution < -0.4 is 5.32 Å². The molecule has 2 aromatic carbocycles. The van der Waals surface area contributed by atoms with Crippen LogP contribution in [-0.2, 0) is 14.6 Å². The fourth-order valence-corrected chi connectivity index (χ4v) is 4.75. The lowest BCUT2D eigenvalue weighted by molar-refractivity contribution is -0.117. The molecule has 0 aromatic heterocycles. The van der Waals surface area contributed by atoms with Gasteiger partial charge in [0.15, 0.2) is 9.84 Å². The fourth-order valence-electron chi connectivity index (χ4n) is 2.95. The highest BCUT2D eigenvalue weighted by Gasteiger charge is 2.31. The monoisotopic (exact) mass is 332 g/mol. The van der Waals surface area contributed by atoms with Gasteiger partial charge in [-0.15, -0.1) is 0 Å². The van der Waals surface area contributed by atoms with E-state index in [0.717, 1.165) is 16.5 Å². The molecule has 1 atom stereocenters. The van der Waals surface area contributed by atoms with Gasteiger partial charge in [0.05, 0.1) is 18.1 Å². The number of hydrogen-bond acceptors (Lipinski definition) is 4. The highest BCUT2D eigenvalue weighted by molar-refractivity contribution is 7.91. The normalized spacial score (nSPS) is 20.0. The van der Waals surface area contributed by atoms with E-state index in [1.807, 2.05) is 47.4 Å². The average molecular weight is 332 g/mol. The van der Waals surface area contributed by atoms with Crippen molar-refractivity contribution in [2.75, 3.05) is 30.4 Å². The molecule has 1 saturated heterocycles. The summed E-state index contributed by atoms with van der Waals surface area (Å²) in [6, 6.07) is 13.7. The summed E-state index contributed by atoms with van der Waals surface area (Å²) in [5, 5.41) is 5.07. The van der Waals surface area contributed by atoms with Crippen LogP contribution in [0.2, 0.25) is 0 Å². The lowest BCUT2D eigenvalue weighted by atomic mass is 10.1. The Morgan fingerprint density at radius 3 is 2.65 bits per heavy atom. The van der Waals surface area contributed by atoms with Crippen molar-refractivity contribution < 1.29 is 13.2 Å². The number of sulfone groups is 1. The van der Waals surface area contributed by atoms with Gasteiger partial charge >= 0.3 is 0 Å². The van der Waals surface area contributed by atoms with E-state index in [2.05, 4.69) is 5.32 Å². The molecule has 3 rings (SSSR count). The molecule has 1 N–H and O–H groups in total. The number of fused-ring (bicyclic) bond motifs is 1. The Morgan fingerprint density at radius 2 is 1.96 bits per heavy atom. The van der Waals surface area contributed by atoms with Crippen molar-refractivity contribution >= 4 is 32.2 Å². The van der Waals surface area contributed by atoms with Gasteiger partial charge in [0.2, 0.25) is 5.91 Å². The van der Waals surface area contributed by atoms with E-state index in [1.165, 1.54) is 0 Å². The molecule has 1 aliphatic rings.